The molecule has 0 saturated carbocycles. The fourth-order valence-corrected chi connectivity index (χ4v) is 1.65. The molecule has 1 atom stereocenters. The highest BCUT2D eigenvalue weighted by molar-refractivity contribution is 6.28. The Kier molecular flexibility index (Phi) is 3.08. The first-order valence-electron chi connectivity index (χ1n) is 5.27. The number of aromatic nitrogens is 4. The average molecular weight is 271 g/mol. The first-order valence-corrected chi connectivity index (χ1v) is 5.65. The molecule has 2 rings (SSSR count). The second-order valence-electron chi connectivity index (χ2n) is 3.95. The zero-order valence-electron chi connectivity index (χ0n) is 9.79. The predicted octanol–water partition coefficient (Wildman–Crippen LogP) is 1.80. The number of aliphatic carboxylic acids is 1. The van der Waals surface area contributed by atoms with Gasteiger partial charge in [0.15, 0.2) is 16.5 Å². The van der Waals surface area contributed by atoms with Gasteiger partial charge in [0.1, 0.15) is 0 Å². The molecule has 0 saturated heterocycles. The van der Waals surface area contributed by atoms with Gasteiger partial charge < -0.3 is 9.52 Å². The molecule has 2 heterocycles. The SMILES string of the molecule is CCC(C)(C(=O)O)n1nnnc1-c1ccc(Cl)o1. The lowest BCUT2D eigenvalue weighted by Crippen LogP contribution is -2.39. The smallest absolute Gasteiger partial charge is 0.331 e. The van der Waals surface area contributed by atoms with Crippen LogP contribution in [0.4, 0.5) is 0 Å². The molecule has 0 aliphatic rings. The van der Waals surface area contributed by atoms with Gasteiger partial charge in [-0.15, -0.1) is 5.10 Å². The third kappa shape index (κ3) is 1.86. The number of hydrogen-bond acceptors (Lipinski definition) is 5. The van der Waals surface area contributed by atoms with E-state index in [1.807, 2.05) is 0 Å². The Morgan fingerprint density at radius 3 is 2.83 bits per heavy atom. The summed E-state index contributed by atoms with van der Waals surface area (Å²) in [5, 5.41) is 20.5. The molecule has 7 nitrogen and oxygen atoms in total. The largest absolute Gasteiger partial charge is 0.479 e. The number of halogens is 1. The van der Waals surface area contributed by atoms with Crippen molar-refractivity contribution in [1.82, 2.24) is 20.2 Å². The molecule has 1 N–H and O–H groups in total. The molecular formula is C10H11ClN4O3. The van der Waals surface area contributed by atoms with Gasteiger partial charge in [0.25, 0.3) is 0 Å². The van der Waals surface area contributed by atoms with Crippen LogP contribution in [0.1, 0.15) is 20.3 Å². The number of carboxylic acids is 1. The van der Waals surface area contributed by atoms with Gasteiger partial charge in [-0.2, -0.15) is 0 Å². The number of carbonyl (C=O) groups is 1. The third-order valence-corrected chi connectivity index (χ3v) is 3.08. The molecule has 0 fully saturated rings. The highest BCUT2D eigenvalue weighted by atomic mass is 35.5. The summed E-state index contributed by atoms with van der Waals surface area (Å²) in [6.07, 6.45) is 0.328. The molecule has 0 aliphatic heterocycles. The van der Waals surface area contributed by atoms with Crippen LogP contribution in [0, 0.1) is 0 Å². The maximum atomic E-state index is 11.4. The summed E-state index contributed by atoms with van der Waals surface area (Å²) in [5.74, 6) is -0.462. The van der Waals surface area contributed by atoms with Crippen molar-refractivity contribution in [3.8, 4) is 11.6 Å². The normalized spacial score (nSPS) is 14.4. The van der Waals surface area contributed by atoms with Crippen molar-refractivity contribution in [3.05, 3.63) is 17.4 Å². The van der Waals surface area contributed by atoms with E-state index in [1.165, 1.54) is 4.68 Å². The number of tetrazole rings is 1. The summed E-state index contributed by atoms with van der Waals surface area (Å²) in [6, 6.07) is 3.13. The van der Waals surface area contributed by atoms with E-state index in [1.54, 1.807) is 26.0 Å². The van der Waals surface area contributed by atoms with Crippen molar-refractivity contribution in [2.24, 2.45) is 0 Å². The summed E-state index contributed by atoms with van der Waals surface area (Å²) in [6.45, 7) is 3.29. The van der Waals surface area contributed by atoms with Crippen LogP contribution in [0.5, 0.6) is 0 Å². The van der Waals surface area contributed by atoms with Crippen molar-refractivity contribution < 1.29 is 14.3 Å². The lowest BCUT2D eigenvalue weighted by atomic mass is 9.99. The van der Waals surface area contributed by atoms with Gasteiger partial charge in [-0.3, -0.25) is 0 Å². The Morgan fingerprint density at radius 1 is 1.61 bits per heavy atom. The maximum absolute atomic E-state index is 11.4. The molecule has 0 bridgehead atoms. The highest BCUT2D eigenvalue weighted by Crippen LogP contribution is 2.28. The van der Waals surface area contributed by atoms with Crippen molar-refractivity contribution in [3.63, 3.8) is 0 Å². The monoisotopic (exact) mass is 270 g/mol. The van der Waals surface area contributed by atoms with Gasteiger partial charge >= 0.3 is 5.97 Å². The van der Waals surface area contributed by atoms with Gasteiger partial charge in [-0.05, 0) is 47.5 Å². The van der Waals surface area contributed by atoms with Gasteiger partial charge in [-0.1, -0.05) is 6.92 Å². The molecule has 0 radical (unpaired) electrons. The van der Waals surface area contributed by atoms with E-state index in [2.05, 4.69) is 15.5 Å². The van der Waals surface area contributed by atoms with Crippen LogP contribution in [0.3, 0.4) is 0 Å². The third-order valence-electron chi connectivity index (χ3n) is 2.88. The minimum absolute atomic E-state index is 0.188. The van der Waals surface area contributed by atoms with Crippen LogP contribution in [0.2, 0.25) is 5.22 Å². The van der Waals surface area contributed by atoms with Crippen molar-refractivity contribution in [1.29, 1.82) is 0 Å². The Labute approximate surface area is 107 Å². The Morgan fingerprint density at radius 2 is 2.33 bits per heavy atom. The van der Waals surface area contributed by atoms with E-state index in [0.29, 0.717) is 12.2 Å². The first-order chi connectivity index (χ1) is 8.49. The standard InChI is InChI=1S/C10H11ClN4O3/c1-3-10(2,9(16)17)15-8(12-13-14-15)6-4-5-7(11)18-6/h4-5H,3H2,1-2H3,(H,16,17). The van der Waals surface area contributed by atoms with E-state index in [-0.39, 0.29) is 11.0 Å². The molecule has 8 heteroatoms. The number of hydrogen-bond donors (Lipinski definition) is 1. The van der Waals surface area contributed by atoms with E-state index in [9.17, 15) is 9.90 Å². The van der Waals surface area contributed by atoms with E-state index in [0.717, 1.165) is 0 Å². The van der Waals surface area contributed by atoms with E-state index < -0.39 is 11.5 Å². The van der Waals surface area contributed by atoms with Gasteiger partial charge in [0.2, 0.25) is 5.82 Å². The topological polar surface area (TPSA) is 94.0 Å². The minimum Gasteiger partial charge on any atom is -0.479 e. The zero-order valence-corrected chi connectivity index (χ0v) is 10.5. The maximum Gasteiger partial charge on any atom is 0.331 e. The van der Waals surface area contributed by atoms with Gasteiger partial charge in [0, 0.05) is 0 Å². The lowest BCUT2D eigenvalue weighted by molar-refractivity contribution is -0.147. The summed E-state index contributed by atoms with van der Waals surface area (Å²) in [4.78, 5) is 11.4. The zero-order chi connectivity index (χ0) is 13.3. The Hall–Kier alpha value is -1.89. The lowest BCUT2D eigenvalue weighted by Gasteiger charge is -2.23. The molecule has 2 aromatic rings. The van der Waals surface area contributed by atoms with E-state index in [4.69, 9.17) is 16.0 Å². The molecule has 0 amide bonds. The second kappa shape index (κ2) is 4.41. The summed E-state index contributed by atoms with van der Waals surface area (Å²) in [7, 11) is 0. The summed E-state index contributed by atoms with van der Waals surface area (Å²) >= 11 is 5.68. The van der Waals surface area contributed by atoms with Crippen LogP contribution in [-0.4, -0.2) is 31.3 Å². The predicted molar refractivity (Wildman–Crippen MR) is 62.1 cm³/mol. The average Bonchev–Trinajstić information content (AvgIpc) is 2.95. The van der Waals surface area contributed by atoms with Gasteiger partial charge in [-0.25, -0.2) is 9.48 Å². The molecule has 2 aromatic heterocycles. The highest BCUT2D eigenvalue weighted by Gasteiger charge is 2.37. The van der Waals surface area contributed by atoms with Crippen LogP contribution in [0.25, 0.3) is 11.6 Å². The Balaban J connectivity index is 2.54. The van der Waals surface area contributed by atoms with Crippen LogP contribution in [0.15, 0.2) is 16.5 Å². The number of nitrogens with zero attached hydrogens (tertiary/aromatic N) is 4. The van der Waals surface area contributed by atoms with Gasteiger partial charge in [0.05, 0.1) is 0 Å². The number of carboxylic acid groups (broad SMARTS) is 1. The van der Waals surface area contributed by atoms with Crippen molar-refractivity contribution in [2.75, 3.05) is 0 Å². The molecule has 96 valence electrons. The fraction of sp³-hybridized carbons (Fsp3) is 0.400. The minimum atomic E-state index is -1.24. The van der Waals surface area contributed by atoms with E-state index >= 15 is 0 Å². The Bertz CT molecular complexity index is 579. The second-order valence-corrected chi connectivity index (χ2v) is 4.32. The summed E-state index contributed by atoms with van der Waals surface area (Å²) in [5.41, 5.74) is -1.24. The fourth-order valence-electron chi connectivity index (χ4n) is 1.50. The summed E-state index contributed by atoms with van der Waals surface area (Å²) < 4.78 is 6.42. The molecule has 0 aliphatic carbocycles. The molecule has 1 unspecified atom stereocenters. The quantitative estimate of drug-likeness (QED) is 0.910. The molecular weight excluding hydrogens is 260 g/mol. The molecule has 0 spiro atoms. The molecule has 18 heavy (non-hydrogen) atoms. The van der Waals surface area contributed by atoms with Crippen molar-refractivity contribution in [2.45, 2.75) is 25.8 Å². The van der Waals surface area contributed by atoms with Crippen molar-refractivity contribution >= 4 is 17.6 Å². The number of furan rings is 1. The van der Waals surface area contributed by atoms with Crippen LogP contribution >= 0.6 is 11.6 Å². The van der Waals surface area contributed by atoms with Crippen LogP contribution in [-0.2, 0) is 10.3 Å². The van der Waals surface area contributed by atoms with Crippen LogP contribution < -0.4 is 0 Å². The first kappa shape index (κ1) is 12.6. The number of rotatable bonds is 4. The molecule has 0 aromatic carbocycles.